The van der Waals surface area contributed by atoms with Crippen molar-refractivity contribution in [1.29, 1.82) is 0 Å². The van der Waals surface area contributed by atoms with Gasteiger partial charge in [0, 0.05) is 16.6 Å². The molecule has 0 radical (unpaired) electrons. The predicted octanol–water partition coefficient (Wildman–Crippen LogP) is 5.14. The van der Waals surface area contributed by atoms with Crippen LogP contribution in [0, 0.1) is 5.82 Å². The molecule has 3 aliphatic rings. The van der Waals surface area contributed by atoms with Crippen molar-refractivity contribution in [3.63, 3.8) is 0 Å². The van der Waals surface area contributed by atoms with Crippen LogP contribution >= 0.6 is 27.7 Å². The van der Waals surface area contributed by atoms with Crippen LogP contribution in [-0.4, -0.2) is 19.5 Å². The number of thioether (sulfide) groups is 1. The maximum absolute atomic E-state index is 13.5. The Kier molecular flexibility index (Phi) is 5.71. The van der Waals surface area contributed by atoms with Gasteiger partial charge < -0.3 is 19.8 Å². The van der Waals surface area contributed by atoms with E-state index in [9.17, 15) is 4.39 Å². The highest BCUT2D eigenvalue weighted by Gasteiger charge is 2.26. The summed E-state index contributed by atoms with van der Waals surface area (Å²) in [4.78, 5) is 13.4. The van der Waals surface area contributed by atoms with Crippen molar-refractivity contribution in [2.24, 2.45) is 0 Å². The predicted molar refractivity (Wildman–Crippen MR) is 122 cm³/mol. The smallest absolute Gasteiger partial charge is 0.268 e. The number of rotatable bonds is 6. The summed E-state index contributed by atoms with van der Waals surface area (Å²) in [5.41, 5.74) is 8.31. The molecule has 3 aliphatic heterocycles. The van der Waals surface area contributed by atoms with Crippen LogP contribution in [0.4, 0.5) is 10.2 Å². The summed E-state index contributed by atoms with van der Waals surface area (Å²) in [6.07, 6.45) is 3.25. The first kappa shape index (κ1) is 20.8. The summed E-state index contributed by atoms with van der Waals surface area (Å²) in [6.45, 7) is 0.558. The summed E-state index contributed by atoms with van der Waals surface area (Å²) >= 11 is 4.75. The summed E-state index contributed by atoms with van der Waals surface area (Å²) < 4.78 is 27.8. The Morgan fingerprint density at radius 3 is 2.88 bits per heavy atom. The fourth-order valence-electron chi connectivity index (χ4n) is 3.30. The molecular formula is C22H17BrFN5O2S. The van der Waals surface area contributed by atoms with E-state index in [1.807, 2.05) is 34.9 Å². The third-order valence-electron chi connectivity index (χ3n) is 4.86. The monoisotopic (exact) mass is 513 g/mol. The maximum atomic E-state index is 13.5. The molecular weight excluding hydrogens is 497 g/mol. The fraction of sp³-hybridized carbons (Fsp3) is 0.136. The van der Waals surface area contributed by atoms with Gasteiger partial charge in [0.25, 0.3) is 6.29 Å². The number of aryl methyl sites for hydroxylation is 2. The Morgan fingerprint density at radius 2 is 2.03 bits per heavy atom. The number of halogens is 2. The second-order valence-electron chi connectivity index (χ2n) is 7.03. The van der Waals surface area contributed by atoms with Crippen molar-refractivity contribution in [1.82, 2.24) is 19.5 Å². The number of nitrogens with two attached hydrogens (primary N) is 1. The van der Waals surface area contributed by atoms with Gasteiger partial charge in [0.1, 0.15) is 12.1 Å². The number of hydrogen-bond acceptors (Lipinski definition) is 7. The van der Waals surface area contributed by atoms with E-state index in [-0.39, 0.29) is 5.82 Å². The Hall–Kier alpha value is -3.11. The SMILES string of the molecule is Nc1ncn(CCc2cccc(F)c2)c2nc(SC3=COC(c4ccccc4Br)O3)nc1-2. The molecule has 0 fully saturated rings. The maximum Gasteiger partial charge on any atom is 0.268 e. The second kappa shape index (κ2) is 8.79. The van der Waals surface area contributed by atoms with Gasteiger partial charge in [-0.3, -0.25) is 0 Å². The molecule has 32 heavy (non-hydrogen) atoms. The molecule has 2 N–H and O–H groups in total. The molecule has 0 bridgehead atoms. The number of aromatic nitrogens is 4. The molecule has 2 aromatic carbocycles. The molecule has 0 spiro atoms. The van der Waals surface area contributed by atoms with E-state index >= 15 is 0 Å². The molecule has 10 heteroatoms. The van der Waals surface area contributed by atoms with Crippen molar-refractivity contribution in [3.8, 4) is 11.5 Å². The van der Waals surface area contributed by atoms with E-state index in [2.05, 4.69) is 30.9 Å². The number of ether oxygens (including phenoxy) is 2. The van der Waals surface area contributed by atoms with Crippen molar-refractivity contribution >= 4 is 33.5 Å². The van der Waals surface area contributed by atoms with Crippen LogP contribution in [0.15, 0.2) is 75.8 Å². The average molecular weight is 514 g/mol. The number of hydrogen-bond donors (Lipinski definition) is 1. The molecule has 1 unspecified atom stereocenters. The Morgan fingerprint density at radius 1 is 1.16 bits per heavy atom. The number of imidazole rings is 1. The highest BCUT2D eigenvalue weighted by molar-refractivity contribution is 9.10. The van der Waals surface area contributed by atoms with Gasteiger partial charge in [0.05, 0.1) is 6.33 Å². The molecule has 7 nitrogen and oxygen atoms in total. The molecule has 0 saturated carbocycles. The normalized spacial score (nSPS) is 15.4. The van der Waals surface area contributed by atoms with Gasteiger partial charge in [-0.2, -0.15) is 0 Å². The number of benzene rings is 2. The molecule has 0 amide bonds. The van der Waals surface area contributed by atoms with E-state index in [4.69, 9.17) is 15.2 Å². The standard InChI is InChI=1S/C22H17BrFN5O2S/c23-16-7-2-1-6-15(16)21-30-11-17(31-21)32-22-27-18-19(25)26-12-29(20(18)28-22)9-8-13-4-3-5-14(24)10-13/h1-7,10-12,21H,8-9,25H2. The van der Waals surface area contributed by atoms with E-state index in [1.165, 1.54) is 23.9 Å². The van der Waals surface area contributed by atoms with E-state index in [0.29, 0.717) is 40.5 Å². The first-order chi connectivity index (χ1) is 15.6. The van der Waals surface area contributed by atoms with Crippen molar-refractivity contribution < 1.29 is 13.9 Å². The van der Waals surface area contributed by atoms with Gasteiger partial charge in [-0.05, 0) is 41.9 Å². The van der Waals surface area contributed by atoms with Gasteiger partial charge in [-0.15, -0.1) is 0 Å². The third-order valence-corrected chi connectivity index (χ3v) is 6.35. The van der Waals surface area contributed by atoms with Gasteiger partial charge in [-0.25, -0.2) is 19.3 Å². The van der Waals surface area contributed by atoms with Crippen molar-refractivity contribution in [2.75, 3.05) is 5.73 Å². The van der Waals surface area contributed by atoms with Crippen LogP contribution in [-0.2, 0) is 22.4 Å². The number of anilines is 1. The molecule has 0 aromatic heterocycles. The Labute approximate surface area is 196 Å². The lowest BCUT2D eigenvalue weighted by atomic mass is 10.1. The molecule has 5 rings (SSSR count). The van der Waals surface area contributed by atoms with Crippen LogP contribution in [0.2, 0.25) is 0 Å². The molecule has 3 heterocycles. The lowest BCUT2D eigenvalue weighted by Gasteiger charge is -2.12. The largest absolute Gasteiger partial charge is 0.454 e. The van der Waals surface area contributed by atoms with Crippen LogP contribution in [0.5, 0.6) is 0 Å². The third kappa shape index (κ3) is 4.28. The molecule has 0 aliphatic carbocycles. The van der Waals surface area contributed by atoms with E-state index < -0.39 is 6.29 Å². The Balaban J connectivity index is 1.32. The van der Waals surface area contributed by atoms with Crippen LogP contribution < -0.4 is 5.73 Å². The zero-order valence-corrected chi connectivity index (χ0v) is 19.0. The quantitative estimate of drug-likeness (QED) is 0.381. The highest BCUT2D eigenvalue weighted by Crippen LogP contribution is 2.40. The van der Waals surface area contributed by atoms with Gasteiger partial charge in [0.15, 0.2) is 22.5 Å². The molecule has 0 saturated heterocycles. The lowest BCUT2D eigenvalue weighted by Crippen LogP contribution is -2.10. The van der Waals surface area contributed by atoms with Crippen LogP contribution in [0.25, 0.3) is 11.5 Å². The fourth-order valence-corrected chi connectivity index (χ4v) is 4.46. The summed E-state index contributed by atoms with van der Waals surface area (Å²) in [7, 11) is 0. The molecule has 2 aromatic rings. The molecule has 1 atom stereocenters. The average Bonchev–Trinajstić information content (AvgIpc) is 3.42. The highest BCUT2D eigenvalue weighted by atomic mass is 79.9. The number of fused-ring (bicyclic) bond motifs is 1. The van der Waals surface area contributed by atoms with E-state index in [1.54, 1.807) is 18.7 Å². The van der Waals surface area contributed by atoms with Crippen LogP contribution in [0.3, 0.4) is 0 Å². The molecule has 162 valence electrons. The number of nitrogens with zero attached hydrogens (tertiary/aromatic N) is 4. The van der Waals surface area contributed by atoms with Crippen LogP contribution in [0.1, 0.15) is 17.4 Å². The van der Waals surface area contributed by atoms with Gasteiger partial charge >= 0.3 is 0 Å². The van der Waals surface area contributed by atoms with E-state index in [0.717, 1.165) is 15.6 Å². The second-order valence-corrected chi connectivity index (χ2v) is 8.85. The van der Waals surface area contributed by atoms with Crippen molar-refractivity contribution in [3.05, 3.63) is 87.6 Å². The minimum absolute atomic E-state index is 0.257. The minimum atomic E-state index is -0.541. The summed E-state index contributed by atoms with van der Waals surface area (Å²) in [5.74, 6) is 0.649. The zero-order valence-electron chi connectivity index (χ0n) is 16.6. The van der Waals surface area contributed by atoms with Crippen molar-refractivity contribution in [2.45, 2.75) is 24.4 Å². The number of nitrogen functional groups attached to an aromatic ring is 1. The summed E-state index contributed by atoms with van der Waals surface area (Å²) in [5, 5.41) is 1.01. The van der Waals surface area contributed by atoms with Gasteiger partial charge in [-0.1, -0.05) is 46.3 Å². The van der Waals surface area contributed by atoms with Gasteiger partial charge in [0.2, 0.25) is 5.09 Å². The Bertz CT molecular complexity index is 1280. The topological polar surface area (TPSA) is 88.1 Å². The minimum Gasteiger partial charge on any atom is -0.454 e. The summed E-state index contributed by atoms with van der Waals surface area (Å²) in [6, 6.07) is 14.2. The zero-order chi connectivity index (χ0) is 22.1. The first-order valence-electron chi connectivity index (χ1n) is 9.74. The lowest BCUT2D eigenvalue weighted by molar-refractivity contribution is -0.0278. The first-order valence-corrected chi connectivity index (χ1v) is 11.3.